The monoisotopic (exact) mass is 263 g/mol. The first-order chi connectivity index (χ1) is 7.67. The Bertz CT molecular complexity index is 345. The first-order valence-electron chi connectivity index (χ1n) is 6.28. The van der Waals surface area contributed by atoms with Crippen LogP contribution >= 0.6 is 0 Å². The van der Waals surface area contributed by atoms with Gasteiger partial charge >= 0.3 is 0 Å². The molecule has 0 radical (unpaired) electrons. The second-order valence-corrected chi connectivity index (χ2v) is 8.29. The summed E-state index contributed by atoms with van der Waals surface area (Å²) in [7, 11) is -3.21. The Labute approximate surface area is 105 Å². The minimum atomic E-state index is -3.21. The molecule has 1 N–H and O–H groups in total. The molecule has 1 fully saturated rings. The molecule has 1 aliphatic heterocycles. The highest BCUT2D eigenvalue weighted by molar-refractivity contribution is 7.89. The van der Waals surface area contributed by atoms with Crippen LogP contribution in [0, 0.1) is 11.3 Å². The lowest BCUT2D eigenvalue weighted by molar-refractivity contribution is 0.190. The maximum atomic E-state index is 12.2. The molecule has 1 aliphatic rings. The first kappa shape index (κ1) is 14.9. The zero-order valence-corrected chi connectivity index (χ0v) is 12.1. The van der Waals surface area contributed by atoms with E-state index in [1.165, 1.54) is 4.31 Å². The van der Waals surface area contributed by atoms with Gasteiger partial charge in [0, 0.05) is 6.54 Å². The first-order valence-corrected chi connectivity index (χ1v) is 7.89. The van der Waals surface area contributed by atoms with E-state index in [9.17, 15) is 13.5 Å². The van der Waals surface area contributed by atoms with E-state index < -0.39 is 10.0 Å². The summed E-state index contributed by atoms with van der Waals surface area (Å²) in [5.74, 6) is 0.434. The number of hydrogen-bond donors (Lipinski definition) is 1. The highest BCUT2D eigenvalue weighted by atomic mass is 32.2. The molecule has 2 unspecified atom stereocenters. The Morgan fingerprint density at radius 3 is 2.41 bits per heavy atom. The predicted molar refractivity (Wildman–Crippen MR) is 69.2 cm³/mol. The lowest BCUT2D eigenvalue weighted by Gasteiger charge is -2.26. The van der Waals surface area contributed by atoms with Gasteiger partial charge in [-0.3, -0.25) is 0 Å². The minimum absolute atomic E-state index is 0.0210. The second-order valence-electron chi connectivity index (χ2n) is 6.25. The lowest BCUT2D eigenvalue weighted by atomic mass is 9.94. The van der Waals surface area contributed by atoms with Crippen molar-refractivity contribution in [3.05, 3.63) is 0 Å². The van der Waals surface area contributed by atoms with Gasteiger partial charge in [0.1, 0.15) is 0 Å². The van der Waals surface area contributed by atoms with E-state index in [1.54, 1.807) is 0 Å². The molecule has 0 aromatic heterocycles. The van der Waals surface area contributed by atoms with Crippen molar-refractivity contribution in [3.63, 3.8) is 0 Å². The molecule has 1 saturated heterocycles. The molecule has 17 heavy (non-hydrogen) atoms. The van der Waals surface area contributed by atoms with Crippen molar-refractivity contribution in [3.8, 4) is 0 Å². The largest absolute Gasteiger partial charge is 0.395 e. The molecule has 1 rings (SSSR count). The van der Waals surface area contributed by atoms with Crippen LogP contribution in [0.4, 0.5) is 0 Å². The Morgan fingerprint density at radius 1 is 1.35 bits per heavy atom. The molecule has 1 heterocycles. The van der Waals surface area contributed by atoms with Crippen LogP contribution in [0.3, 0.4) is 0 Å². The SMILES string of the molecule is CC1CCN(S(=O)(=O)CCC(C)(C)C)C1CO. The quantitative estimate of drug-likeness (QED) is 0.835. The van der Waals surface area contributed by atoms with Crippen LogP contribution in [-0.4, -0.2) is 42.8 Å². The molecule has 102 valence electrons. The van der Waals surface area contributed by atoms with E-state index in [0.717, 1.165) is 6.42 Å². The van der Waals surface area contributed by atoms with Crippen LogP contribution in [-0.2, 0) is 10.0 Å². The zero-order valence-electron chi connectivity index (χ0n) is 11.3. The standard InChI is InChI=1S/C12H25NO3S/c1-10-5-7-13(11(10)9-14)17(15,16)8-6-12(2,3)4/h10-11,14H,5-9H2,1-4H3. The van der Waals surface area contributed by atoms with Gasteiger partial charge in [-0.05, 0) is 24.2 Å². The van der Waals surface area contributed by atoms with Crippen LogP contribution in [0.15, 0.2) is 0 Å². The zero-order chi connectivity index (χ0) is 13.3. The third-order valence-electron chi connectivity index (χ3n) is 3.49. The van der Waals surface area contributed by atoms with Crippen molar-refractivity contribution in [2.75, 3.05) is 18.9 Å². The van der Waals surface area contributed by atoms with Gasteiger partial charge in [0.15, 0.2) is 0 Å². The van der Waals surface area contributed by atoms with Crippen LogP contribution in [0.2, 0.25) is 0 Å². The van der Waals surface area contributed by atoms with E-state index in [4.69, 9.17) is 0 Å². The summed E-state index contributed by atoms with van der Waals surface area (Å²) in [4.78, 5) is 0. The number of sulfonamides is 1. The number of aliphatic hydroxyl groups excluding tert-OH is 1. The lowest BCUT2D eigenvalue weighted by Crippen LogP contribution is -2.41. The summed E-state index contributed by atoms with van der Waals surface area (Å²) in [5.41, 5.74) is 0.0210. The van der Waals surface area contributed by atoms with E-state index in [0.29, 0.717) is 13.0 Å². The van der Waals surface area contributed by atoms with E-state index in [1.807, 2.05) is 27.7 Å². The summed E-state index contributed by atoms with van der Waals surface area (Å²) >= 11 is 0. The summed E-state index contributed by atoms with van der Waals surface area (Å²) < 4.78 is 25.9. The van der Waals surface area contributed by atoms with E-state index >= 15 is 0 Å². The summed E-state index contributed by atoms with van der Waals surface area (Å²) in [6, 6.07) is -0.222. The van der Waals surface area contributed by atoms with E-state index in [2.05, 4.69) is 0 Å². The van der Waals surface area contributed by atoms with Gasteiger partial charge in [0.25, 0.3) is 0 Å². The normalized spacial score (nSPS) is 27.6. The van der Waals surface area contributed by atoms with Gasteiger partial charge in [-0.1, -0.05) is 27.7 Å². The summed E-state index contributed by atoms with van der Waals surface area (Å²) in [6.07, 6.45) is 1.50. The molecule has 0 aromatic carbocycles. The molecule has 0 saturated carbocycles. The van der Waals surface area contributed by atoms with Crippen LogP contribution in [0.5, 0.6) is 0 Å². The van der Waals surface area contributed by atoms with Crippen molar-refractivity contribution in [2.45, 2.75) is 46.6 Å². The van der Waals surface area contributed by atoms with Crippen molar-refractivity contribution in [1.82, 2.24) is 4.31 Å². The van der Waals surface area contributed by atoms with Crippen molar-refractivity contribution >= 4 is 10.0 Å². The molecular weight excluding hydrogens is 238 g/mol. The van der Waals surface area contributed by atoms with Gasteiger partial charge < -0.3 is 5.11 Å². The molecule has 5 heteroatoms. The molecule has 0 aliphatic carbocycles. The third-order valence-corrected chi connectivity index (χ3v) is 5.37. The Hall–Kier alpha value is -0.130. The predicted octanol–water partition coefficient (Wildman–Crippen LogP) is 1.46. The molecule has 0 spiro atoms. The molecule has 0 bridgehead atoms. The van der Waals surface area contributed by atoms with Gasteiger partial charge in [0.2, 0.25) is 10.0 Å². The Morgan fingerprint density at radius 2 is 1.94 bits per heavy atom. The number of rotatable bonds is 4. The molecule has 4 nitrogen and oxygen atoms in total. The minimum Gasteiger partial charge on any atom is -0.395 e. The van der Waals surface area contributed by atoms with Crippen LogP contribution in [0.1, 0.15) is 40.5 Å². The highest BCUT2D eigenvalue weighted by Gasteiger charge is 2.38. The maximum absolute atomic E-state index is 12.2. The van der Waals surface area contributed by atoms with Crippen LogP contribution in [0.25, 0.3) is 0 Å². The van der Waals surface area contributed by atoms with Gasteiger partial charge in [-0.15, -0.1) is 0 Å². The summed E-state index contributed by atoms with van der Waals surface area (Å²) in [5, 5.41) is 9.29. The van der Waals surface area contributed by atoms with Gasteiger partial charge in [0.05, 0.1) is 18.4 Å². The Balaban J connectivity index is 2.71. The highest BCUT2D eigenvalue weighted by Crippen LogP contribution is 2.28. The third kappa shape index (κ3) is 3.93. The molecule has 0 aromatic rings. The average molecular weight is 263 g/mol. The Kier molecular flexibility index (Phi) is 4.60. The number of nitrogens with zero attached hydrogens (tertiary/aromatic N) is 1. The van der Waals surface area contributed by atoms with Crippen molar-refractivity contribution in [2.24, 2.45) is 11.3 Å². The second kappa shape index (κ2) is 5.24. The maximum Gasteiger partial charge on any atom is 0.214 e. The van der Waals surface area contributed by atoms with E-state index in [-0.39, 0.29) is 29.7 Å². The smallest absolute Gasteiger partial charge is 0.214 e. The summed E-state index contributed by atoms with van der Waals surface area (Å²) in [6.45, 7) is 8.60. The fraction of sp³-hybridized carbons (Fsp3) is 1.00. The van der Waals surface area contributed by atoms with Crippen LogP contribution < -0.4 is 0 Å². The fourth-order valence-corrected chi connectivity index (χ4v) is 4.32. The number of aliphatic hydroxyl groups is 1. The molecular formula is C12H25NO3S. The molecule has 2 atom stereocenters. The number of hydrogen-bond acceptors (Lipinski definition) is 3. The van der Waals surface area contributed by atoms with Crippen molar-refractivity contribution in [1.29, 1.82) is 0 Å². The van der Waals surface area contributed by atoms with Gasteiger partial charge in [-0.25, -0.2) is 8.42 Å². The van der Waals surface area contributed by atoms with Gasteiger partial charge in [-0.2, -0.15) is 4.31 Å². The molecule has 0 amide bonds. The topological polar surface area (TPSA) is 57.6 Å². The average Bonchev–Trinajstić information content (AvgIpc) is 2.56. The van der Waals surface area contributed by atoms with Crippen molar-refractivity contribution < 1.29 is 13.5 Å². The fourth-order valence-electron chi connectivity index (χ4n) is 2.14.